The first-order valence-corrected chi connectivity index (χ1v) is 7.69. The summed E-state index contributed by atoms with van der Waals surface area (Å²) >= 11 is 9.66. The van der Waals surface area contributed by atoms with Crippen LogP contribution in [0.15, 0.2) is 34.8 Å². The molecule has 1 N–H and O–H groups in total. The first kappa shape index (κ1) is 14.4. The molecule has 21 heavy (non-hydrogen) atoms. The topological polar surface area (TPSA) is 46.5 Å². The molecule has 0 radical (unpaired) electrons. The number of fused-ring (bicyclic) bond motifs is 1. The lowest BCUT2D eigenvalue weighted by atomic mass is 10.1. The molecule has 1 aliphatic carbocycles. The van der Waals surface area contributed by atoms with Gasteiger partial charge in [-0.15, -0.1) is 0 Å². The van der Waals surface area contributed by atoms with Gasteiger partial charge in [-0.25, -0.2) is 0 Å². The summed E-state index contributed by atoms with van der Waals surface area (Å²) in [6.07, 6.45) is 2.24. The van der Waals surface area contributed by atoms with Gasteiger partial charge in [0.1, 0.15) is 17.6 Å². The van der Waals surface area contributed by atoms with Gasteiger partial charge >= 0.3 is 0 Å². The van der Waals surface area contributed by atoms with Crippen LogP contribution in [0.3, 0.4) is 0 Å². The normalized spacial score (nSPS) is 16.6. The molecule has 0 heterocycles. The number of benzene rings is 2. The smallest absolute Gasteiger partial charge is 0.153 e. The van der Waals surface area contributed by atoms with E-state index in [0.717, 1.165) is 22.9 Å². The van der Waals surface area contributed by atoms with Crippen LogP contribution < -0.4 is 4.74 Å². The predicted octanol–water partition coefficient (Wildman–Crippen LogP) is 4.69. The van der Waals surface area contributed by atoms with Crippen LogP contribution in [-0.2, 0) is 6.42 Å². The average Bonchev–Trinajstić information content (AvgIpc) is 2.87. The Hall–Kier alpha value is -1.52. The fourth-order valence-electron chi connectivity index (χ4n) is 2.59. The number of halogens is 2. The van der Waals surface area contributed by atoms with E-state index in [1.54, 1.807) is 0 Å². The van der Waals surface area contributed by atoms with Gasteiger partial charge in [-0.05, 0) is 36.1 Å². The molecule has 0 aliphatic heterocycles. The summed E-state index contributed by atoms with van der Waals surface area (Å²) in [5.74, 6) is 0.259. The Morgan fingerprint density at radius 3 is 2.95 bits per heavy atom. The number of rotatable bonds is 3. The van der Waals surface area contributed by atoms with Crippen molar-refractivity contribution < 1.29 is 14.6 Å². The SMILES string of the molecule is O=Cc1cc(Cl)c(O[C@H]2CCc3c(Br)cccc32)cc1O. The number of aldehydes is 1. The molecule has 3 nitrogen and oxygen atoms in total. The number of phenolic OH excluding ortho intramolecular Hbond substituents is 1. The predicted molar refractivity (Wildman–Crippen MR) is 84.3 cm³/mol. The van der Waals surface area contributed by atoms with Crippen molar-refractivity contribution >= 4 is 33.8 Å². The molecule has 0 amide bonds. The fraction of sp³-hybridized carbons (Fsp3) is 0.188. The van der Waals surface area contributed by atoms with Crippen LogP contribution in [0.25, 0.3) is 0 Å². The molecule has 0 aromatic heterocycles. The van der Waals surface area contributed by atoms with E-state index in [9.17, 15) is 9.90 Å². The summed E-state index contributed by atoms with van der Waals surface area (Å²) in [5.41, 5.74) is 2.52. The molecular formula is C16H12BrClO3. The van der Waals surface area contributed by atoms with Crippen LogP contribution in [-0.4, -0.2) is 11.4 Å². The van der Waals surface area contributed by atoms with Gasteiger partial charge in [-0.2, -0.15) is 0 Å². The molecule has 2 aromatic carbocycles. The van der Waals surface area contributed by atoms with E-state index < -0.39 is 0 Å². The molecule has 0 unspecified atom stereocenters. The number of aromatic hydroxyl groups is 1. The largest absolute Gasteiger partial charge is 0.507 e. The van der Waals surface area contributed by atoms with Crippen LogP contribution in [0.1, 0.15) is 34.0 Å². The summed E-state index contributed by atoms with van der Waals surface area (Å²) in [6.45, 7) is 0. The molecule has 5 heteroatoms. The van der Waals surface area contributed by atoms with E-state index >= 15 is 0 Å². The van der Waals surface area contributed by atoms with Crippen molar-refractivity contribution in [2.24, 2.45) is 0 Å². The van der Waals surface area contributed by atoms with Crippen molar-refractivity contribution in [1.29, 1.82) is 0 Å². The molecule has 3 rings (SSSR count). The molecule has 0 fully saturated rings. The van der Waals surface area contributed by atoms with E-state index in [0.29, 0.717) is 17.1 Å². The average molecular weight is 368 g/mol. The molecule has 108 valence electrons. The number of hydrogen-bond acceptors (Lipinski definition) is 3. The minimum atomic E-state index is -0.128. The third kappa shape index (κ3) is 2.65. The summed E-state index contributed by atoms with van der Waals surface area (Å²) in [6, 6.07) is 8.82. The van der Waals surface area contributed by atoms with Crippen LogP contribution in [0.5, 0.6) is 11.5 Å². The Morgan fingerprint density at radius 2 is 2.19 bits per heavy atom. The van der Waals surface area contributed by atoms with Crippen LogP contribution in [0.4, 0.5) is 0 Å². The number of carbonyl (C=O) groups is 1. The van der Waals surface area contributed by atoms with Gasteiger partial charge in [0.05, 0.1) is 10.6 Å². The molecular weight excluding hydrogens is 356 g/mol. The van der Waals surface area contributed by atoms with Gasteiger partial charge in [-0.3, -0.25) is 4.79 Å². The number of hydrogen-bond donors (Lipinski definition) is 1. The minimum absolute atomic E-state index is 0.100. The molecule has 1 atom stereocenters. The van der Waals surface area contributed by atoms with Crippen molar-refractivity contribution in [2.75, 3.05) is 0 Å². The molecule has 0 saturated carbocycles. The highest BCUT2D eigenvalue weighted by molar-refractivity contribution is 9.10. The second kappa shape index (κ2) is 5.70. The van der Waals surface area contributed by atoms with Gasteiger partial charge in [-0.1, -0.05) is 39.7 Å². The number of carbonyl (C=O) groups excluding carboxylic acids is 1. The van der Waals surface area contributed by atoms with Gasteiger partial charge in [0, 0.05) is 10.5 Å². The van der Waals surface area contributed by atoms with Gasteiger partial charge in [0.15, 0.2) is 6.29 Å². The van der Waals surface area contributed by atoms with Crippen molar-refractivity contribution in [1.82, 2.24) is 0 Å². The summed E-state index contributed by atoms with van der Waals surface area (Å²) in [5, 5.41) is 10.1. The number of phenols is 1. The zero-order valence-electron chi connectivity index (χ0n) is 11.0. The van der Waals surface area contributed by atoms with E-state index in [4.69, 9.17) is 16.3 Å². The van der Waals surface area contributed by atoms with Crippen LogP contribution in [0.2, 0.25) is 5.02 Å². The third-order valence-corrected chi connectivity index (χ3v) is 4.67. The van der Waals surface area contributed by atoms with Gasteiger partial charge < -0.3 is 9.84 Å². The van der Waals surface area contributed by atoms with Gasteiger partial charge in [0.25, 0.3) is 0 Å². The van der Waals surface area contributed by atoms with E-state index in [1.165, 1.54) is 17.7 Å². The lowest BCUT2D eigenvalue weighted by molar-refractivity contribution is 0.112. The monoisotopic (exact) mass is 366 g/mol. The highest BCUT2D eigenvalue weighted by atomic mass is 79.9. The fourth-order valence-corrected chi connectivity index (χ4v) is 3.39. The Kier molecular flexibility index (Phi) is 3.91. The van der Waals surface area contributed by atoms with Crippen molar-refractivity contribution in [3.8, 4) is 11.5 Å². The first-order valence-electron chi connectivity index (χ1n) is 6.51. The molecule has 0 saturated heterocycles. The van der Waals surface area contributed by atoms with E-state index in [-0.39, 0.29) is 17.4 Å². The zero-order valence-corrected chi connectivity index (χ0v) is 13.3. The first-order chi connectivity index (χ1) is 10.1. The minimum Gasteiger partial charge on any atom is -0.507 e. The molecule has 2 aromatic rings. The Morgan fingerprint density at radius 1 is 1.38 bits per heavy atom. The van der Waals surface area contributed by atoms with E-state index in [1.807, 2.05) is 18.2 Å². The third-order valence-electron chi connectivity index (χ3n) is 3.64. The molecule has 0 spiro atoms. The van der Waals surface area contributed by atoms with Crippen LogP contribution in [0, 0.1) is 0 Å². The summed E-state index contributed by atoms with van der Waals surface area (Å²) in [7, 11) is 0. The van der Waals surface area contributed by atoms with Gasteiger partial charge in [0.2, 0.25) is 0 Å². The standard InChI is InChI=1S/C16H12BrClO3/c17-12-3-1-2-11-10(12)4-5-15(11)21-16-7-14(20)9(8-19)6-13(16)18/h1-3,6-8,15,20H,4-5H2/t15-/m0/s1. The summed E-state index contributed by atoms with van der Waals surface area (Å²) in [4.78, 5) is 10.8. The van der Waals surface area contributed by atoms with Crippen molar-refractivity contribution in [2.45, 2.75) is 18.9 Å². The maximum Gasteiger partial charge on any atom is 0.153 e. The molecule has 1 aliphatic rings. The highest BCUT2D eigenvalue weighted by Crippen LogP contribution is 2.41. The lowest BCUT2D eigenvalue weighted by Crippen LogP contribution is -2.04. The van der Waals surface area contributed by atoms with Crippen LogP contribution >= 0.6 is 27.5 Å². The van der Waals surface area contributed by atoms with Crippen molar-refractivity contribution in [3.05, 3.63) is 56.5 Å². The highest BCUT2D eigenvalue weighted by Gasteiger charge is 2.26. The second-order valence-electron chi connectivity index (χ2n) is 4.91. The Labute approximate surface area is 135 Å². The van der Waals surface area contributed by atoms with E-state index in [2.05, 4.69) is 15.9 Å². The Bertz CT molecular complexity index is 715. The number of ether oxygens (including phenoxy) is 1. The van der Waals surface area contributed by atoms with Crippen molar-refractivity contribution in [3.63, 3.8) is 0 Å². The Balaban J connectivity index is 1.91. The quantitative estimate of drug-likeness (QED) is 0.801. The summed E-state index contributed by atoms with van der Waals surface area (Å²) < 4.78 is 7.02. The maximum absolute atomic E-state index is 10.8. The molecule has 0 bridgehead atoms. The lowest BCUT2D eigenvalue weighted by Gasteiger charge is -2.17. The zero-order chi connectivity index (χ0) is 15.0. The second-order valence-corrected chi connectivity index (χ2v) is 6.17. The maximum atomic E-state index is 10.8.